The molecule has 0 saturated carbocycles. The highest BCUT2D eigenvalue weighted by Crippen LogP contribution is 2.37. The van der Waals surface area contributed by atoms with Crippen LogP contribution in [0.2, 0.25) is 0 Å². The van der Waals surface area contributed by atoms with Crippen molar-refractivity contribution in [2.24, 2.45) is 0 Å². The smallest absolute Gasteiger partial charge is 0.269 e. The Labute approximate surface area is 302 Å². The third-order valence-electron chi connectivity index (χ3n) is 9.81. The highest BCUT2D eigenvalue weighted by molar-refractivity contribution is 5.79. The number of benzene rings is 4. The van der Waals surface area contributed by atoms with Crippen LogP contribution in [0.15, 0.2) is 97.1 Å². The third-order valence-corrected chi connectivity index (χ3v) is 9.81. The molecule has 0 aliphatic rings. The van der Waals surface area contributed by atoms with Crippen LogP contribution in [-0.2, 0) is 32.6 Å². The van der Waals surface area contributed by atoms with Crippen LogP contribution in [-0.4, -0.2) is 37.6 Å². The van der Waals surface area contributed by atoms with Crippen molar-refractivity contribution in [2.45, 2.75) is 60.3 Å². The fourth-order valence-corrected chi connectivity index (χ4v) is 7.37. The van der Waals surface area contributed by atoms with Crippen LogP contribution in [0.5, 0.6) is 23.0 Å². The first-order valence-electron chi connectivity index (χ1n) is 17.8. The van der Waals surface area contributed by atoms with Gasteiger partial charge in [-0.1, -0.05) is 0 Å². The number of methoxy groups -OCH3 is 4. The fourth-order valence-electron chi connectivity index (χ4n) is 7.37. The van der Waals surface area contributed by atoms with Gasteiger partial charge >= 0.3 is 0 Å². The van der Waals surface area contributed by atoms with Gasteiger partial charge in [-0.25, -0.2) is 18.3 Å². The van der Waals surface area contributed by atoms with Crippen LogP contribution in [0.3, 0.4) is 0 Å². The number of hydrogen-bond acceptors (Lipinski definition) is 4. The predicted molar refractivity (Wildman–Crippen MR) is 203 cm³/mol. The zero-order chi connectivity index (χ0) is 36.1. The maximum Gasteiger partial charge on any atom is 0.269 e. The molecule has 6 rings (SSSR count). The van der Waals surface area contributed by atoms with E-state index in [0.717, 1.165) is 77.9 Å². The molecular weight excluding hydrogens is 636 g/mol. The van der Waals surface area contributed by atoms with Gasteiger partial charge in [-0.15, -0.1) is 0 Å². The molecule has 264 valence electrons. The van der Waals surface area contributed by atoms with Crippen LogP contribution in [0, 0.1) is 0 Å². The number of aromatic nitrogens is 4. The lowest BCUT2D eigenvalue weighted by atomic mass is 10.0. The summed E-state index contributed by atoms with van der Waals surface area (Å²) >= 11 is 0. The van der Waals surface area contributed by atoms with Crippen molar-refractivity contribution in [3.63, 3.8) is 0 Å². The molecule has 0 bridgehead atoms. The molecule has 0 unspecified atom stereocenters. The van der Waals surface area contributed by atoms with E-state index < -0.39 is 0 Å². The van der Waals surface area contributed by atoms with Crippen LogP contribution in [0.1, 0.15) is 39.3 Å². The first kappa shape index (κ1) is 35.3. The van der Waals surface area contributed by atoms with E-state index in [9.17, 15) is 0 Å². The average Bonchev–Trinajstić information content (AvgIpc) is 3.69. The Balaban J connectivity index is 1.64. The topological polar surface area (TPSA) is 54.5 Å². The molecule has 8 nitrogen and oxygen atoms in total. The maximum absolute atomic E-state index is 5.55. The molecule has 0 N–H and O–H groups in total. The predicted octanol–water partition coefficient (Wildman–Crippen LogP) is 8.24. The Morgan fingerprint density at radius 3 is 0.922 bits per heavy atom. The second-order valence-corrected chi connectivity index (χ2v) is 12.3. The summed E-state index contributed by atoms with van der Waals surface area (Å²) in [4.78, 5) is 0. The summed E-state index contributed by atoms with van der Waals surface area (Å²) in [6, 6.07) is 33.7. The van der Waals surface area contributed by atoms with Crippen molar-refractivity contribution in [3.8, 4) is 68.0 Å². The Bertz CT molecular complexity index is 1780. The highest BCUT2D eigenvalue weighted by atomic mass is 16.5. The van der Waals surface area contributed by atoms with Gasteiger partial charge in [-0.2, -0.15) is 0 Å². The lowest BCUT2D eigenvalue weighted by molar-refractivity contribution is -0.702. The van der Waals surface area contributed by atoms with Crippen LogP contribution >= 0.6 is 0 Å². The molecule has 0 fully saturated rings. The van der Waals surface area contributed by atoms with Gasteiger partial charge in [-0.05, 0) is 125 Å². The Morgan fingerprint density at radius 2 is 0.686 bits per heavy atom. The largest absolute Gasteiger partial charge is 0.497 e. The molecule has 8 heteroatoms. The first-order chi connectivity index (χ1) is 24.9. The van der Waals surface area contributed by atoms with Crippen molar-refractivity contribution < 1.29 is 28.1 Å². The molecular formula is C43H50N4O4+2. The summed E-state index contributed by atoms with van der Waals surface area (Å²) in [5, 5.41) is 0. The summed E-state index contributed by atoms with van der Waals surface area (Å²) in [6.07, 6.45) is 0.724. The van der Waals surface area contributed by atoms with Crippen molar-refractivity contribution >= 4 is 0 Å². The van der Waals surface area contributed by atoms with E-state index in [0.29, 0.717) is 0 Å². The second-order valence-electron chi connectivity index (χ2n) is 12.3. The summed E-state index contributed by atoms with van der Waals surface area (Å²) in [5.41, 5.74) is 9.31. The fraction of sp³-hybridized carbons (Fsp3) is 0.302. The Morgan fingerprint density at radius 1 is 0.412 bits per heavy atom. The lowest BCUT2D eigenvalue weighted by Crippen LogP contribution is -2.43. The van der Waals surface area contributed by atoms with E-state index >= 15 is 0 Å². The number of imidazole rings is 2. The van der Waals surface area contributed by atoms with Gasteiger partial charge in [-0.3, -0.25) is 0 Å². The summed E-state index contributed by atoms with van der Waals surface area (Å²) in [6.45, 7) is 12.2. The molecule has 0 radical (unpaired) electrons. The maximum atomic E-state index is 5.55. The summed E-state index contributed by atoms with van der Waals surface area (Å²) in [5.74, 6) is 5.84. The molecule has 0 spiro atoms. The number of hydrogen-bond donors (Lipinski definition) is 0. The van der Waals surface area contributed by atoms with Gasteiger partial charge in [0, 0.05) is 22.3 Å². The molecule has 51 heavy (non-hydrogen) atoms. The number of rotatable bonds is 14. The van der Waals surface area contributed by atoms with E-state index in [1.807, 2.05) is 48.5 Å². The van der Waals surface area contributed by atoms with Crippen molar-refractivity contribution in [2.75, 3.05) is 28.4 Å². The minimum absolute atomic E-state index is 0.724. The number of ether oxygens (including phenoxy) is 4. The molecule has 6 aromatic rings. The van der Waals surface area contributed by atoms with Gasteiger partial charge in [0.15, 0.2) is 29.2 Å². The van der Waals surface area contributed by atoms with Crippen LogP contribution in [0.25, 0.3) is 45.0 Å². The van der Waals surface area contributed by atoms with Gasteiger partial charge < -0.3 is 18.9 Å². The minimum Gasteiger partial charge on any atom is -0.497 e. The average molecular weight is 687 g/mol. The molecule has 2 heterocycles. The quantitative estimate of drug-likeness (QED) is 0.108. The normalized spacial score (nSPS) is 11.1. The molecule has 4 aromatic carbocycles. The zero-order valence-electron chi connectivity index (χ0n) is 31.2. The van der Waals surface area contributed by atoms with Gasteiger partial charge in [0.05, 0.1) is 54.6 Å². The zero-order valence-corrected chi connectivity index (χ0v) is 31.2. The van der Waals surface area contributed by atoms with Crippen LogP contribution < -0.4 is 28.1 Å². The molecule has 0 amide bonds. The SMILES string of the molecule is CCn1c(-c2ccc(OC)cc2)c(-c2ccc(OC)cc2)[n+](CC)c1Cc1n(CC)c(-c2ccc(OC)cc2)c(-c2ccc(OC)cc2)[n+]1CC. The summed E-state index contributed by atoms with van der Waals surface area (Å²) in [7, 11) is 6.84. The van der Waals surface area contributed by atoms with Crippen molar-refractivity contribution in [1.29, 1.82) is 0 Å². The lowest BCUT2D eigenvalue weighted by Gasteiger charge is -2.07. The Kier molecular flexibility index (Phi) is 10.8. The van der Waals surface area contributed by atoms with Gasteiger partial charge in [0.25, 0.3) is 11.6 Å². The monoisotopic (exact) mass is 686 g/mol. The van der Waals surface area contributed by atoms with E-state index in [1.165, 1.54) is 34.4 Å². The Hall–Kier alpha value is -5.50. The standard InChI is InChI=1S/C43H50N4O4/c1-9-44-38(45(10-2)41(31-15-23-35(49-6)24-16-31)40(44)30-13-21-34(48-5)22-14-30)29-39-46(11-3)42(32-17-25-36(50-7)26-18-32)43(47(39)12-4)33-19-27-37(51-8)28-20-33/h13-28H,9-12,29H2,1-8H3/q+2. The highest BCUT2D eigenvalue weighted by Gasteiger charge is 2.37. The van der Waals surface area contributed by atoms with E-state index in [-0.39, 0.29) is 0 Å². The number of nitrogens with zero attached hydrogens (tertiary/aromatic N) is 4. The molecule has 0 saturated heterocycles. The van der Waals surface area contributed by atoms with Crippen molar-refractivity contribution in [1.82, 2.24) is 9.13 Å². The van der Waals surface area contributed by atoms with Gasteiger partial charge in [0.2, 0.25) is 0 Å². The first-order valence-corrected chi connectivity index (χ1v) is 17.8. The van der Waals surface area contributed by atoms with E-state index in [1.54, 1.807) is 28.4 Å². The third kappa shape index (κ3) is 6.58. The molecule has 2 aromatic heterocycles. The molecule has 0 aliphatic heterocycles. The minimum atomic E-state index is 0.724. The molecule has 0 aliphatic carbocycles. The van der Waals surface area contributed by atoms with Crippen LogP contribution in [0.4, 0.5) is 0 Å². The van der Waals surface area contributed by atoms with Gasteiger partial charge in [0.1, 0.15) is 23.0 Å². The summed E-state index contributed by atoms with van der Waals surface area (Å²) < 4.78 is 32.2. The molecule has 0 atom stereocenters. The van der Waals surface area contributed by atoms with E-state index in [2.05, 4.69) is 94.5 Å². The van der Waals surface area contributed by atoms with E-state index in [4.69, 9.17) is 18.9 Å². The van der Waals surface area contributed by atoms with Crippen molar-refractivity contribution in [3.05, 3.63) is 109 Å². The second kappa shape index (κ2) is 15.6.